The van der Waals surface area contributed by atoms with Crippen LogP contribution in [0.5, 0.6) is 0 Å². The highest BCUT2D eigenvalue weighted by Gasteiger charge is 2.44. The summed E-state index contributed by atoms with van der Waals surface area (Å²) >= 11 is 0. The molecule has 1 rings (SSSR count). The molecule has 0 aromatic rings. The van der Waals surface area contributed by atoms with Crippen molar-refractivity contribution in [1.82, 2.24) is 5.32 Å². The molecular weight excluding hydrogens is 218 g/mol. The van der Waals surface area contributed by atoms with Gasteiger partial charge in [0.15, 0.2) is 6.29 Å². The normalized spacial score (nSPS) is 39.4. The minimum atomic E-state index is -1.45. The molecule has 1 heterocycles. The average molecular weight is 235 g/mol. The molecule has 0 saturated carbocycles. The van der Waals surface area contributed by atoms with Crippen LogP contribution in [0.15, 0.2) is 0 Å². The predicted molar refractivity (Wildman–Crippen MR) is 52.2 cm³/mol. The Balaban J connectivity index is 2.67. The van der Waals surface area contributed by atoms with Gasteiger partial charge in [-0.15, -0.1) is 0 Å². The lowest BCUT2D eigenvalue weighted by atomic mass is 9.97. The van der Waals surface area contributed by atoms with Crippen molar-refractivity contribution in [3.05, 3.63) is 0 Å². The van der Waals surface area contributed by atoms with Gasteiger partial charge in [-0.1, -0.05) is 6.92 Å². The quantitative estimate of drug-likeness (QED) is 0.363. The molecule has 0 aromatic heterocycles. The Kier molecular flexibility index (Phi) is 4.63. The van der Waals surface area contributed by atoms with Gasteiger partial charge in [0.2, 0.25) is 5.91 Å². The Hall–Kier alpha value is -0.730. The molecule has 16 heavy (non-hydrogen) atoms. The lowest BCUT2D eigenvalue weighted by Gasteiger charge is -2.40. The van der Waals surface area contributed by atoms with Crippen LogP contribution in [0.1, 0.15) is 13.3 Å². The van der Waals surface area contributed by atoms with Gasteiger partial charge in [0, 0.05) is 6.42 Å². The van der Waals surface area contributed by atoms with Gasteiger partial charge in [0.1, 0.15) is 24.4 Å². The fourth-order valence-corrected chi connectivity index (χ4v) is 1.54. The van der Waals surface area contributed by atoms with Gasteiger partial charge in [0.05, 0.1) is 6.61 Å². The van der Waals surface area contributed by atoms with E-state index in [0.29, 0.717) is 0 Å². The summed E-state index contributed by atoms with van der Waals surface area (Å²) in [5.41, 5.74) is 0. The van der Waals surface area contributed by atoms with Crippen LogP contribution in [-0.2, 0) is 9.53 Å². The second-order valence-corrected chi connectivity index (χ2v) is 3.68. The minimum Gasteiger partial charge on any atom is -0.394 e. The molecule has 1 fully saturated rings. The van der Waals surface area contributed by atoms with Gasteiger partial charge < -0.3 is 30.5 Å². The molecule has 0 radical (unpaired) electrons. The van der Waals surface area contributed by atoms with E-state index in [1.807, 2.05) is 0 Å². The highest BCUT2D eigenvalue weighted by Crippen LogP contribution is 2.19. The summed E-state index contributed by atoms with van der Waals surface area (Å²) in [5, 5.41) is 39.8. The van der Waals surface area contributed by atoms with Crippen molar-refractivity contribution in [2.75, 3.05) is 6.61 Å². The molecule has 1 amide bonds. The molecule has 5 N–H and O–H groups in total. The Morgan fingerprint density at radius 1 is 1.31 bits per heavy atom. The van der Waals surface area contributed by atoms with Crippen molar-refractivity contribution in [3.63, 3.8) is 0 Å². The summed E-state index contributed by atoms with van der Waals surface area (Å²) in [7, 11) is 0. The predicted octanol–water partition coefficient (Wildman–Crippen LogP) is -2.69. The third-order valence-electron chi connectivity index (χ3n) is 2.55. The van der Waals surface area contributed by atoms with E-state index >= 15 is 0 Å². The van der Waals surface area contributed by atoms with Gasteiger partial charge in [-0.3, -0.25) is 4.79 Å². The molecule has 94 valence electrons. The largest absolute Gasteiger partial charge is 0.394 e. The maximum Gasteiger partial charge on any atom is 0.220 e. The van der Waals surface area contributed by atoms with Gasteiger partial charge >= 0.3 is 0 Å². The summed E-state index contributed by atoms with van der Waals surface area (Å²) < 4.78 is 4.86. The Morgan fingerprint density at radius 3 is 2.44 bits per heavy atom. The first-order valence-electron chi connectivity index (χ1n) is 5.11. The van der Waals surface area contributed by atoms with E-state index in [1.165, 1.54) is 0 Å². The molecule has 5 atom stereocenters. The highest BCUT2D eigenvalue weighted by molar-refractivity contribution is 5.76. The molecule has 0 aromatic carbocycles. The van der Waals surface area contributed by atoms with E-state index in [0.717, 1.165) is 0 Å². The summed E-state index contributed by atoms with van der Waals surface area (Å²) in [6.45, 7) is 1.09. The lowest BCUT2D eigenvalue weighted by Crippen LogP contribution is -2.64. The average Bonchev–Trinajstić information content (AvgIpc) is 2.28. The number of hydrogen-bond acceptors (Lipinski definition) is 6. The molecule has 0 spiro atoms. The monoisotopic (exact) mass is 235 g/mol. The highest BCUT2D eigenvalue weighted by atomic mass is 16.6. The molecule has 7 heteroatoms. The fourth-order valence-electron chi connectivity index (χ4n) is 1.54. The number of nitrogens with one attached hydrogen (secondary N) is 1. The van der Waals surface area contributed by atoms with Crippen LogP contribution in [0.3, 0.4) is 0 Å². The first kappa shape index (κ1) is 13.3. The molecular formula is C9H17NO6. The molecule has 1 saturated heterocycles. The van der Waals surface area contributed by atoms with Gasteiger partial charge in [0.25, 0.3) is 0 Å². The maximum absolute atomic E-state index is 11.1. The van der Waals surface area contributed by atoms with E-state index in [2.05, 4.69) is 5.32 Å². The fraction of sp³-hybridized carbons (Fsp3) is 0.889. The van der Waals surface area contributed by atoms with Crippen LogP contribution >= 0.6 is 0 Å². The van der Waals surface area contributed by atoms with Gasteiger partial charge in [-0.2, -0.15) is 0 Å². The van der Waals surface area contributed by atoms with Crippen molar-refractivity contribution >= 4 is 5.91 Å². The van der Waals surface area contributed by atoms with Crippen LogP contribution in [0, 0.1) is 0 Å². The number of ether oxygens (including phenoxy) is 1. The molecule has 7 nitrogen and oxygen atoms in total. The zero-order chi connectivity index (χ0) is 12.3. The number of carbonyl (C=O) groups is 1. The van der Waals surface area contributed by atoms with E-state index in [-0.39, 0.29) is 12.3 Å². The standard InChI is InChI=1S/C9H17NO6/c1-2-5(12)10-6-8(14)7(13)4(3-11)16-9(6)15/h4,6-9,11,13-15H,2-3H2,1H3,(H,10,12)/t4?,6?,7-,8+,9?/m0/s1. The van der Waals surface area contributed by atoms with Crippen molar-refractivity contribution in [1.29, 1.82) is 0 Å². The van der Waals surface area contributed by atoms with Crippen LogP contribution < -0.4 is 5.32 Å². The Bertz CT molecular complexity index is 248. The number of aliphatic hydroxyl groups excluding tert-OH is 4. The summed E-state index contributed by atoms with van der Waals surface area (Å²) in [4.78, 5) is 11.1. The number of rotatable bonds is 3. The van der Waals surface area contributed by atoms with Crippen LogP contribution in [0.4, 0.5) is 0 Å². The molecule has 1 aliphatic heterocycles. The minimum absolute atomic E-state index is 0.190. The van der Waals surface area contributed by atoms with E-state index in [9.17, 15) is 20.1 Å². The number of amides is 1. The number of hydrogen-bond donors (Lipinski definition) is 5. The zero-order valence-electron chi connectivity index (χ0n) is 8.91. The number of aliphatic hydroxyl groups is 4. The van der Waals surface area contributed by atoms with Crippen LogP contribution in [-0.4, -0.2) is 63.6 Å². The summed E-state index contributed by atoms with van der Waals surface area (Å²) in [6.07, 6.45) is -5.05. The zero-order valence-corrected chi connectivity index (χ0v) is 8.91. The van der Waals surface area contributed by atoms with Crippen molar-refractivity contribution in [2.24, 2.45) is 0 Å². The second kappa shape index (κ2) is 5.55. The second-order valence-electron chi connectivity index (χ2n) is 3.68. The van der Waals surface area contributed by atoms with E-state index in [4.69, 9.17) is 9.84 Å². The number of carbonyl (C=O) groups excluding carboxylic acids is 1. The van der Waals surface area contributed by atoms with Gasteiger partial charge in [-0.05, 0) is 0 Å². The van der Waals surface area contributed by atoms with Crippen molar-refractivity contribution < 1.29 is 30.0 Å². The Labute approximate surface area is 92.7 Å². The van der Waals surface area contributed by atoms with Gasteiger partial charge in [-0.25, -0.2) is 0 Å². The van der Waals surface area contributed by atoms with E-state index in [1.54, 1.807) is 6.92 Å². The summed E-state index contributed by atoms with van der Waals surface area (Å²) in [5.74, 6) is -0.374. The topological polar surface area (TPSA) is 119 Å². The molecule has 3 unspecified atom stereocenters. The third-order valence-corrected chi connectivity index (χ3v) is 2.55. The van der Waals surface area contributed by atoms with Crippen LogP contribution in [0.2, 0.25) is 0 Å². The first-order valence-corrected chi connectivity index (χ1v) is 5.11. The Morgan fingerprint density at radius 2 is 1.94 bits per heavy atom. The lowest BCUT2D eigenvalue weighted by molar-refractivity contribution is -0.253. The maximum atomic E-state index is 11.1. The van der Waals surface area contributed by atoms with Crippen LogP contribution in [0.25, 0.3) is 0 Å². The van der Waals surface area contributed by atoms with Crippen molar-refractivity contribution in [3.8, 4) is 0 Å². The SMILES string of the molecule is CCC(=O)NC1C(O)OC(CO)[C@H](O)[C@@H]1O. The summed E-state index contributed by atoms with van der Waals surface area (Å²) in [6, 6.07) is -1.09. The molecule has 0 bridgehead atoms. The first-order chi connectivity index (χ1) is 7.51. The molecule has 1 aliphatic rings. The van der Waals surface area contributed by atoms with Crippen molar-refractivity contribution in [2.45, 2.75) is 44.0 Å². The molecule has 0 aliphatic carbocycles. The third kappa shape index (κ3) is 2.69. The van der Waals surface area contributed by atoms with E-state index < -0.39 is 37.3 Å². The smallest absolute Gasteiger partial charge is 0.220 e.